The zero-order valence-electron chi connectivity index (χ0n) is 15.3. The topological polar surface area (TPSA) is 49.5 Å². The summed E-state index contributed by atoms with van der Waals surface area (Å²) in [4.78, 5) is 2.52. The van der Waals surface area contributed by atoms with Crippen LogP contribution in [0, 0.1) is 5.92 Å². The number of likely N-dealkylation sites (tertiary alicyclic amines) is 1. The van der Waals surface area contributed by atoms with E-state index in [1.807, 2.05) is 36.4 Å². The van der Waals surface area contributed by atoms with Crippen LogP contribution >= 0.6 is 0 Å². The van der Waals surface area contributed by atoms with E-state index in [0.717, 1.165) is 48.9 Å². The number of rotatable bonds is 5. The van der Waals surface area contributed by atoms with Gasteiger partial charge in [-0.25, -0.2) is 0 Å². The molecule has 0 bridgehead atoms. The Bertz CT molecular complexity index is 730. The molecule has 1 fully saturated rings. The molecule has 0 unspecified atom stereocenters. The van der Waals surface area contributed by atoms with E-state index in [1.54, 1.807) is 0 Å². The lowest BCUT2D eigenvalue weighted by Crippen LogP contribution is -2.46. The van der Waals surface area contributed by atoms with Crippen molar-refractivity contribution in [2.75, 3.05) is 19.6 Å². The van der Waals surface area contributed by atoms with E-state index >= 15 is 0 Å². The molecule has 4 rings (SSSR count). The third-order valence-corrected chi connectivity index (χ3v) is 5.81. The first-order valence-corrected chi connectivity index (χ1v) is 9.81. The van der Waals surface area contributed by atoms with Gasteiger partial charge < -0.3 is 14.5 Å². The Morgan fingerprint density at radius 3 is 2.69 bits per heavy atom. The smallest absolute Gasteiger partial charge is 0.140 e. The van der Waals surface area contributed by atoms with Gasteiger partial charge in [-0.15, -0.1) is 0 Å². The van der Waals surface area contributed by atoms with Crippen LogP contribution in [0.4, 0.5) is 0 Å². The van der Waals surface area contributed by atoms with Gasteiger partial charge in [-0.05, 0) is 38.0 Å². The van der Waals surface area contributed by atoms with E-state index in [9.17, 15) is 5.11 Å². The lowest BCUT2D eigenvalue weighted by molar-refractivity contribution is -0.0278. The Hall–Kier alpha value is -1.91. The van der Waals surface area contributed by atoms with Crippen LogP contribution in [0.2, 0.25) is 0 Å². The normalized spacial score (nSPS) is 23.2. The van der Waals surface area contributed by atoms with Crippen LogP contribution in [-0.2, 0) is 6.42 Å². The predicted molar refractivity (Wildman–Crippen MR) is 103 cm³/mol. The van der Waals surface area contributed by atoms with Crippen molar-refractivity contribution in [3.63, 3.8) is 0 Å². The van der Waals surface area contributed by atoms with E-state index in [1.165, 1.54) is 25.8 Å². The largest absolute Gasteiger partial charge is 0.389 e. The van der Waals surface area contributed by atoms with Crippen LogP contribution in [-0.4, -0.2) is 40.4 Å². The molecular formula is C22H28N2O2. The molecular weight excluding hydrogens is 324 g/mol. The second kappa shape index (κ2) is 7.77. The molecule has 4 heteroatoms. The standard InChI is InChI=1S/C22H28N2O2/c25-22(11-13-24(14-12-22)17-18-7-3-1-4-8-18)16-20-15-21(23-26-20)19-9-5-2-6-10-19/h1-3,5-6,9-10,15,18,25H,4,7-8,11-14,16-17H2/t18-/m0/s1. The van der Waals surface area contributed by atoms with Gasteiger partial charge in [0.2, 0.25) is 0 Å². The average molecular weight is 352 g/mol. The highest BCUT2D eigenvalue weighted by atomic mass is 16.5. The number of hydrogen-bond acceptors (Lipinski definition) is 4. The molecule has 1 atom stereocenters. The van der Waals surface area contributed by atoms with Crippen molar-refractivity contribution >= 4 is 0 Å². The van der Waals surface area contributed by atoms with Crippen molar-refractivity contribution in [3.05, 3.63) is 54.3 Å². The van der Waals surface area contributed by atoms with Gasteiger partial charge in [0.25, 0.3) is 0 Å². The molecule has 1 aliphatic heterocycles. The molecule has 1 aliphatic carbocycles. The minimum Gasteiger partial charge on any atom is -0.389 e. The van der Waals surface area contributed by atoms with Crippen LogP contribution in [0.1, 0.15) is 37.9 Å². The van der Waals surface area contributed by atoms with Crippen molar-refractivity contribution < 1.29 is 9.63 Å². The number of aliphatic hydroxyl groups is 1. The van der Waals surface area contributed by atoms with Crippen LogP contribution < -0.4 is 0 Å². The third kappa shape index (κ3) is 4.25. The van der Waals surface area contributed by atoms with Crippen LogP contribution in [0.5, 0.6) is 0 Å². The SMILES string of the molecule is OC1(Cc2cc(-c3ccccc3)no2)CCN(C[C@H]2CC=CCC2)CC1. The van der Waals surface area contributed by atoms with Crippen molar-refractivity contribution in [3.8, 4) is 11.3 Å². The van der Waals surface area contributed by atoms with E-state index in [0.29, 0.717) is 6.42 Å². The van der Waals surface area contributed by atoms with Gasteiger partial charge in [0, 0.05) is 37.7 Å². The van der Waals surface area contributed by atoms with Gasteiger partial charge in [-0.3, -0.25) is 0 Å². The minimum atomic E-state index is -0.670. The van der Waals surface area contributed by atoms with Gasteiger partial charge in [-0.1, -0.05) is 47.6 Å². The van der Waals surface area contributed by atoms with Gasteiger partial charge in [0.05, 0.1) is 5.60 Å². The number of nitrogens with zero attached hydrogens (tertiary/aromatic N) is 2. The number of piperidine rings is 1. The van der Waals surface area contributed by atoms with Gasteiger partial charge in [-0.2, -0.15) is 0 Å². The summed E-state index contributed by atoms with van der Waals surface area (Å²) in [5.41, 5.74) is 1.22. The molecule has 0 radical (unpaired) electrons. The van der Waals surface area contributed by atoms with Crippen LogP contribution in [0.15, 0.2) is 53.1 Å². The summed E-state index contributed by atoms with van der Waals surface area (Å²) in [5.74, 6) is 1.56. The molecule has 0 amide bonds. The van der Waals surface area contributed by atoms with E-state index < -0.39 is 5.60 Å². The number of benzene rings is 1. The summed E-state index contributed by atoms with van der Waals surface area (Å²) in [7, 11) is 0. The summed E-state index contributed by atoms with van der Waals surface area (Å²) < 4.78 is 5.50. The van der Waals surface area contributed by atoms with E-state index in [-0.39, 0.29) is 0 Å². The molecule has 138 valence electrons. The van der Waals surface area contributed by atoms with Crippen molar-refractivity contribution in [2.45, 2.75) is 44.1 Å². The van der Waals surface area contributed by atoms with Gasteiger partial charge >= 0.3 is 0 Å². The summed E-state index contributed by atoms with van der Waals surface area (Å²) in [6.45, 7) is 3.10. The van der Waals surface area contributed by atoms with E-state index in [2.05, 4.69) is 22.2 Å². The zero-order valence-corrected chi connectivity index (χ0v) is 15.3. The third-order valence-electron chi connectivity index (χ3n) is 5.81. The summed E-state index contributed by atoms with van der Waals surface area (Å²) in [5, 5.41) is 15.2. The zero-order chi connectivity index (χ0) is 17.8. The summed E-state index contributed by atoms with van der Waals surface area (Å²) in [6.07, 6.45) is 10.5. The molecule has 0 spiro atoms. The van der Waals surface area contributed by atoms with Crippen LogP contribution in [0.25, 0.3) is 11.3 Å². The quantitative estimate of drug-likeness (QED) is 0.824. The molecule has 1 aromatic carbocycles. The first-order valence-electron chi connectivity index (χ1n) is 9.81. The highest BCUT2D eigenvalue weighted by Crippen LogP contribution is 2.29. The Balaban J connectivity index is 1.31. The maximum Gasteiger partial charge on any atom is 0.140 e. The summed E-state index contributed by atoms with van der Waals surface area (Å²) >= 11 is 0. The molecule has 2 heterocycles. The fraction of sp³-hybridized carbons (Fsp3) is 0.500. The predicted octanol–water partition coefficient (Wildman–Crippen LogP) is 4.07. The highest BCUT2D eigenvalue weighted by Gasteiger charge is 2.34. The maximum atomic E-state index is 11.0. The Labute approximate surface area is 155 Å². The lowest BCUT2D eigenvalue weighted by atomic mass is 9.86. The highest BCUT2D eigenvalue weighted by molar-refractivity contribution is 5.58. The Kier molecular flexibility index (Phi) is 5.23. The number of hydrogen-bond donors (Lipinski definition) is 1. The fourth-order valence-electron chi connectivity index (χ4n) is 4.18. The van der Waals surface area contributed by atoms with Gasteiger partial charge in [0.1, 0.15) is 11.5 Å². The second-order valence-electron chi connectivity index (χ2n) is 7.90. The molecule has 26 heavy (non-hydrogen) atoms. The molecule has 1 aromatic heterocycles. The molecule has 0 saturated carbocycles. The summed E-state index contributed by atoms with van der Waals surface area (Å²) in [6, 6.07) is 12.0. The lowest BCUT2D eigenvalue weighted by Gasteiger charge is -2.39. The molecule has 1 N–H and O–H groups in total. The van der Waals surface area contributed by atoms with Crippen molar-refractivity contribution in [1.82, 2.24) is 10.1 Å². The maximum absolute atomic E-state index is 11.0. The molecule has 1 saturated heterocycles. The van der Waals surface area contributed by atoms with Crippen LogP contribution in [0.3, 0.4) is 0 Å². The number of aromatic nitrogens is 1. The Morgan fingerprint density at radius 1 is 1.15 bits per heavy atom. The fourth-order valence-corrected chi connectivity index (χ4v) is 4.18. The first-order chi connectivity index (χ1) is 12.7. The first kappa shape index (κ1) is 17.5. The van der Waals surface area contributed by atoms with Gasteiger partial charge in [0.15, 0.2) is 0 Å². The number of allylic oxidation sites excluding steroid dienone is 2. The van der Waals surface area contributed by atoms with Crippen molar-refractivity contribution in [1.29, 1.82) is 0 Å². The average Bonchev–Trinajstić information content (AvgIpc) is 3.13. The monoisotopic (exact) mass is 352 g/mol. The minimum absolute atomic E-state index is 0.548. The van der Waals surface area contributed by atoms with Crippen molar-refractivity contribution in [2.24, 2.45) is 5.92 Å². The van der Waals surface area contributed by atoms with E-state index in [4.69, 9.17) is 4.52 Å². The molecule has 2 aromatic rings. The second-order valence-corrected chi connectivity index (χ2v) is 7.90. The Morgan fingerprint density at radius 2 is 1.96 bits per heavy atom. The molecule has 2 aliphatic rings. The molecule has 4 nitrogen and oxygen atoms in total.